The molecule has 3 heterocycles. The van der Waals surface area contributed by atoms with Gasteiger partial charge in [0.15, 0.2) is 0 Å². The molecule has 0 bridgehead atoms. The van der Waals surface area contributed by atoms with E-state index < -0.39 is 0 Å². The summed E-state index contributed by atoms with van der Waals surface area (Å²) in [7, 11) is 2.09. The molecule has 2 unspecified atom stereocenters. The fourth-order valence-electron chi connectivity index (χ4n) is 5.50. The lowest BCUT2D eigenvalue weighted by molar-refractivity contribution is -0.128. The Labute approximate surface area is 228 Å². The van der Waals surface area contributed by atoms with Crippen LogP contribution in [0.1, 0.15) is 36.8 Å². The number of fused-ring (bicyclic) bond motifs is 1. The molecule has 1 aliphatic heterocycles. The zero-order valence-electron chi connectivity index (χ0n) is 22.2. The van der Waals surface area contributed by atoms with Crippen molar-refractivity contribution >= 4 is 23.6 Å². The molecule has 9 nitrogen and oxygen atoms in total. The lowest BCUT2D eigenvalue weighted by Crippen LogP contribution is -2.47. The number of nitrogens with zero attached hydrogens (tertiary/aromatic N) is 5. The van der Waals surface area contributed by atoms with E-state index in [4.69, 9.17) is 4.74 Å². The Hall–Kier alpha value is -3.82. The molecule has 0 radical (unpaired) electrons. The summed E-state index contributed by atoms with van der Waals surface area (Å²) in [5.74, 6) is 1.33. The summed E-state index contributed by atoms with van der Waals surface area (Å²) in [5.41, 5.74) is 5.28. The summed E-state index contributed by atoms with van der Waals surface area (Å²) < 4.78 is 6.13. The van der Waals surface area contributed by atoms with Gasteiger partial charge in [0.2, 0.25) is 11.9 Å². The molecule has 9 heteroatoms. The van der Waals surface area contributed by atoms with Gasteiger partial charge < -0.3 is 25.0 Å². The summed E-state index contributed by atoms with van der Waals surface area (Å²) in [4.78, 5) is 30.8. The number of carbonyl (C=O) groups excluding carboxylic acids is 1. The predicted molar refractivity (Wildman–Crippen MR) is 150 cm³/mol. The van der Waals surface area contributed by atoms with Crippen LogP contribution in [-0.2, 0) is 11.2 Å². The molecular formula is C30H34N6O3. The first kappa shape index (κ1) is 25.5. The summed E-state index contributed by atoms with van der Waals surface area (Å²) >= 11 is 0. The van der Waals surface area contributed by atoms with Crippen molar-refractivity contribution in [1.82, 2.24) is 24.8 Å². The molecule has 2 aromatic heterocycles. The largest absolute Gasteiger partial charge is 0.490 e. The van der Waals surface area contributed by atoms with E-state index in [1.165, 1.54) is 0 Å². The quantitative estimate of drug-likeness (QED) is 0.502. The Morgan fingerprint density at radius 2 is 1.87 bits per heavy atom. The van der Waals surface area contributed by atoms with E-state index in [1.54, 1.807) is 12.4 Å². The predicted octanol–water partition coefficient (Wildman–Crippen LogP) is 3.68. The molecule has 39 heavy (non-hydrogen) atoms. The number of rotatable bonds is 6. The molecular weight excluding hydrogens is 492 g/mol. The molecule has 2 atom stereocenters. The van der Waals surface area contributed by atoms with Gasteiger partial charge in [-0.25, -0.2) is 9.97 Å². The van der Waals surface area contributed by atoms with Gasteiger partial charge in [0, 0.05) is 68.7 Å². The Kier molecular flexibility index (Phi) is 7.26. The van der Waals surface area contributed by atoms with E-state index in [2.05, 4.69) is 38.3 Å². The van der Waals surface area contributed by atoms with Crippen molar-refractivity contribution in [2.24, 2.45) is 0 Å². The summed E-state index contributed by atoms with van der Waals surface area (Å²) in [6.45, 7) is 3.38. The van der Waals surface area contributed by atoms with Gasteiger partial charge in [-0.1, -0.05) is 6.07 Å². The second-order valence-electron chi connectivity index (χ2n) is 10.7. The molecule has 0 spiro atoms. The molecule has 2 aliphatic carbocycles. The number of ether oxygens (including phenoxy) is 1. The lowest BCUT2D eigenvalue weighted by atomic mass is 9.95. The lowest BCUT2D eigenvalue weighted by Gasteiger charge is -2.32. The van der Waals surface area contributed by atoms with E-state index in [-0.39, 0.29) is 18.1 Å². The maximum absolute atomic E-state index is 13.1. The Bertz CT molecular complexity index is 1380. The van der Waals surface area contributed by atoms with Gasteiger partial charge in [-0.05, 0) is 67.8 Å². The van der Waals surface area contributed by atoms with Crippen LogP contribution in [0.5, 0.6) is 5.75 Å². The minimum absolute atomic E-state index is 0.0119. The van der Waals surface area contributed by atoms with Crippen molar-refractivity contribution in [1.29, 1.82) is 0 Å². The van der Waals surface area contributed by atoms with Gasteiger partial charge >= 0.3 is 0 Å². The number of likely N-dealkylation sites (N-methyl/N-ethyl adjacent to an activating group) is 1. The molecule has 1 saturated carbocycles. The number of hydrogen-bond acceptors (Lipinski definition) is 8. The molecule has 3 aromatic rings. The smallest absolute Gasteiger partial charge is 0.250 e. The standard InChI is InChI=1S/C30H34N6O3/c1-35-11-13-36(14-12-35)29(38)22-15-20-5-6-23(17-21(20)16-22)33-30-32-10-8-27(34-30)28-19-26(7-9-31-28)39-25-4-2-3-24(37)18-25/h5-10,16-17,19,24-25,37H,2-4,11-15,18H2,1H3,(H,32,33,34). The van der Waals surface area contributed by atoms with Crippen molar-refractivity contribution in [3.63, 3.8) is 0 Å². The first-order valence-corrected chi connectivity index (χ1v) is 13.7. The number of piperazine rings is 1. The Balaban J connectivity index is 1.14. The van der Waals surface area contributed by atoms with Crippen LogP contribution >= 0.6 is 0 Å². The first-order chi connectivity index (χ1) is 19.0. The van der Waals surface area contributed by atoms with Crippen LogP contribution in [0.2, 0.25) is 0 Å². The minimum atomic E-state index is -0.292. The van der Waals surface area contributed by atoms with Crippen molar-refractivity contribution in [2.75, 3.05) is 38.5 Å². The molecule has 1 saturated heterocycles. The van der Waals surface area contributed by atoms with Crippen molar-refractivity contribution in [3.05, 3.63) is 65.5 Å². The van der Waals surface area contributed by atoms with Gasteiger partial charge in [-0.15, -0.1) is 0 Å². The maximum atomic E-state index is 13.1. The molecule has 202 valence electrons. The molecule has 6 rings (SSSR count). The highest BCUT2D eigenvalue weighted by atomic mass is 16.5. The molecule has 2 fully saturated rings. The number of benzene rings is 1. The fourth-order valence-corrected chi connectivity index (χ4v) is 5.50. The number of nitrogens with one attached hydrogen (secondary N) is 1. The number of carbonyl (C=O) groups is 1. The van der Waals surface area contributed by atoms with Crippen molar-refractivity contribution in [2.45, 2.75) is 44.3 Å². The highest BCUT2D eigenvalue weighted by Crippen LogP contribution is 2.30. The van der Waals surface area contributed by atoms with Crippen molar-refractivity contribution in [3.8, 4) is 17.1 Å². The van der Waals surface area contributed by atoms with E-state index in [9.17, 15) is 9.90 Å². The first-order valence-electron chi connectivity index (χ1n) is 13.7. The summed E-state index contributed by atoms with van der Waals surface area (Å²) in [6, 6.07) is 11.6. The average molecular weight is 527 g/mol. The number of pyridine rings is 1. The van der Waals surface area contributed by atoms with Crippen molar-refractivity contribution < 1.29 is 14.6 Å². The summed E-state index contributed by atoms with van der Waals surface area (Å²) in [6.07, 6.45) is 9.22. The van der Waals surface area contributed by atoms with Gasteiger partial charge in [-0.2, -0.15) is 0 Å². The van der Waals surface area contributed by atoms with Gasteiger partial charge in [0.25, 0.3) is 0 Å². The zero-order valence-corrected chi connectivity index (χ0v) is 22.2. The van der Waals surface area contributed by atoms with E-state index >= 15 is 0 Å². The Morgan fingerprint density at radius 1 is 1.03 bits per heavy atom. The molecule has 3 aliphatic rings. The monoisotopic (exact) mass is 526 g/mol. The van der Waals surface area contributed by atoms with E-state index in [0.717, 1.165) is 73.6 Å². The minimum Gasteiger partial charge on any atom is -0.490 e. The van der Waals surface area contributed by atoms with E-state index in [1.807, 2.05) is 41.3 Å². The maximum Gasteiger partial charge on any atom is 0.250 e. The molecule has 1 amide bonds. The van der Waals surface area contributed by atoms with Gasteiger partial charge in [0.1, 0.15) is 11.9 Å². The third kappa shape index (κ3) is 5.94. The van der Waals surface area contributed by atoms with Crippen LogP contribution in [0.4, 0.5) is 11.6 Å². The topological polar surface area (TPSA) is 104 Å². The third-order valence-corrected chi connectivity index (χ3v) is 7.73. The SMILES string of the molecule is CN1CCN(C(=O)C2=Cc3cc(Nc4nccc(-c5cc(OC6CCCC(O)C6)ccn5)n4)ccc3C2)CC1. The van der Waals surface area contributed by atoms with Crippen LogP contribution in [0.15, 0.2) is 54.4 Å². The van der Waals surface area contributed by atoms with Gasteiger partial charge in [0.05, 0.1) is 17.5 Å². The number of aliphatic hydroxyl groups excluding tert-OH is 1. The molecule has 1 aromatic carbocycles. The highest BCUT2D eigenvalue weighted by molar-refractivity contribution is 6.00. The van der Waals surface area contributed by atoms with Gasteiger partial charge in [-0.3, -0.25) is 9.78 Å². The summed E-state index contributed by atoms with van der Waals surface area (Å²) in [5, 5.41) is 13.3. The average Bonchev–Trinajstić information content (AvgIpc) is 3.37. The second kappa shape index (κ2) is 11.1. The van der Waals surface area contributed by atoms with Crippen LogP contribution in [0.3, 0.4) is 0 Å². The van der Waals surface area contributed by atoms with E-state index in [0.29, 0.717) is 30.2 Å². The highest BCUT2D eigenvalue weighted by Gasteiger charge is 2.26. The third-order valence-electron chi connectivity index (χ3n) is 7.73. The second-order valence-corrected chi connectivity index (χ2v) is 10.7. The molecule has 2 N–H and O–H groups in total. The number of aliphatic hydroxyl groups is 1. The number of anilines is 2. The van der Waals surface area contributed by atoms with Crippen LogP contribution in [0.25, 0.3) is 17.5 Å². The van der Waals surface area contributed by atoms with Crippen LogP contribution < -0.4 is 10.1 Å². The Morgan fingerprint density at radius 3 is 2.72 bits per heavy atom. The normalized spacial score (nSPS) is 21.3. The number of aromatic nitrogens is 3. The number of hydrogen-bond donors (Lipinski definition) is 2. The van der Waals surface area contributed by atoms with Crippen LogP contribution in [-0.4, -0.2) is 81.2 Å². The fraction of sp³-hybridized carbons (Fsp3) is 0.400. The number of amides is 1. The zero-order chi connectivity index (χ0) is 26.8. The van der Waals surface area contributed by atoms with Crippen LogP contribution in [0, 0.1) is 0 Å².